The van der Waals surface area contributed by atoms with Crippen LogP contribution in [0.4, 0.5) is 0 Å². The topological polar surface area (TPSA) is 37.3 Å². The minimum atomic E-state index is -0.715. The van der Waals surface area contributed by atoms with Gasteiger partial charge in [-0.3, -0.25) is 0 Å². The van der Waals surface area contributed by atoms with Crippen LogP contribution in [-0.2, 0) is 4.79 Å². The molecule has 0 saturated carbocycles. The Labute approximate surface area is 100 Å². The van der Waals surface area contributed by atoms with Gasteiger partial charge in [0.1, 0.15) is 0 Å². The van der Waals surface area contributed by atoms with E-state index in [0.29, 0.717) is 0 Å². The second-order valence-corrected chi connectivity index (χ2v) is 6.57. The Bertz CT molecular complexity index is 522. The Morgan fingerprint density at radius 2 is 1.88 bits per heavy atom. The maximum absolute atomic E-state index is 10.8. The number of hydrogen-bond acceptors (Lipinski definition) is 1. The Morgan fingerprint density at radius 1 is 1.19 bits per heavy atom. The fourth-order valence-corrected chi connectivity index (χ4v) is 3.28. The van der Waals surface area contributed by atoms with Gasteiger partial charge in [-0.25, -0.2) is 0 Å². The van der Waals surface area contributed by atoms with E-state index in [1.807, 2.05) is 18.2 Å². The number of benzene rings is 2. The molecule has 2 aromatic carbocycles. The van der Waals surface area contributed by atoms with Crippen molar-refractivity contribution in [2.45, 2.75) is 11.7 Å². The molecule has 2 rings (SSSR count). The molecule has 1 atom stereocenters. The molecular formula is C13H12O2Se. The number of carboxylic acid groups (broad SMARTS) is 1. The summed E-state index contributed by atoms with van der Waals surface area (Å²) >= 11 is -0.00410. The fourth-order valence-electron chi connectivity index (χ4n) is 1.50. The number of rotatable bonds is 3. The molecule has 0 spiro atoms. The third-order valence-electron chi connectivity index (χ3n) is 2.38. The van der Waals surface area contributed by atoms with Gasteiger partial charge in [0.2, 0.25) is 0 Å². The minimum absolute atomic E-state index is 0.00410. The Morgan fingerprint density at radius 3 is 2.56 bits per heavy atom. The molecule has 0 amide bonds. The molecule has 82 valence electrons. The number of aliphatic carboxylic acids is 1. The number of carboxylic acids is 1. The quantitative estimate of drug-likeness (QED) is 0.873. The van der Waals surface area contributed by atoms with Gasteiger partial charge in [-0.2, -0.15) is 0 Å². The van der Waals surface area contributed by atoms with E-state index in [9.17, 15) is 4.79 Å². The van der Waals surface area contributed by atoms with Gasteiger partial charge in [0.05, 0.1) is 0 Å². The SMILES string of the molecule is C[C@@H]([Se]c1ccc2ccccc2c1)C(=O)O. The third kappa shape index (κ3) is 2.43. The average molecular weight is 279 g/mol. The average Bonchev–Trinajstić information content (AvgIpc) is 2.28. The summed E-state index contributed by atoms with van der Waals surface area (Å²) in [6.45, 7) is 1.76. The molecule has 1 N–H and O–H groups in total. The van der Waals surface area contributed by atoms with Crippen LogP contribution in [0.25, 0.3) is 10.8 Å². The van der Waals surface area contributed by atoms with E-state index >= 15 is 0 Å². The molecule has 16 heavy (non-hydrogen) atoms. The first kappa shape index (κ1) is 11.2. The first-order valence-corrected chi connectivity index (χ1v) is 6.89. The van der Waals surface area contributed by atoms with Gasteiger partial charge in [-0.1, -0.05) is 0 Å². The number of hydrogen-bond donors (Lipinski definition) is 1. The predicted octanol–water partition coefficient (Wildman–Crippen LogP) is 2.06. The number of carbonyl (C=O) groups is 1. The third-order valence-corrected chi connectivity index (χ3v) is 4.65. The van der Waals surface area contributed by atoms with Gasteiger partial charge in [0.15, 0.2) is 0 Å². The summed E-state index contributed by atoms with van der Waals surface area (Å²) in [6, 6.07) is 14.3. The van der Waals surface area contributed by atoms with E-state index in [2.05, 4.69) is 24.3 Å². The second-order valence-electron chi connectivity index (χ2n) is 3.61. The molecule has 0 bridgehead atoms. The molecule has 0 fully saturated rings. The molecule has 0 saturated heterocycles. The fraction of sp³-hybridized carbons (Fsp3) is 0.154. The van der Waals surface area contributed by atoms with Crippen molar-refractivity contribution < 1.29 is 9.90 Å². The molecule has 0 radical (unpaired) electrons. The molecule has 0 aliphatic carbocycles. The van der Waals surface area contributed by atoms with Crippen LogP contribution < -0.4 is 4.46 Å². The van der Waals surface area contributed by atoms with Crippen LogP contribution in [0.15, 0.2) is 42.5 Å². The predicted molar refractivity (Wildman–Crippen MR) is 66.4 cm³/mol. The Hall–Kier alpha value is -1.31. The summed E-state index contributed by atoms with van der Waals surface area (Å²) in [7, 11) is 0. The van der Waals surface area contributed by atoms with Crippen LogP contribution in [0.3, 0.4) is 0 Å². The van der Waals surface area contributed by atoms with Crippen molar-refractivity contribution in [1.29, 1.82) is 0 Å². The van der Waals surface area contributed by atoms with Gasteiger partial charge in [0, 0.05) is 0 Å². The van der Waals surface area contributed by atoms with Crippen LogP contribution >= 0.6 is 0 Å². The molecular weight excluding hydrogens is 267 g/mol. The molecule has 0 aromatic heterocycles. The zero-order valence-electron chi connectivity index (χ0n) is 8.88. The monoisotopic (exact) mass is 280 g/mol. The summed E-state index contributed by atoms with van der Waals surface area (Å²) in [5.41, 5.74) is 0. The van der Waals surface area contributed by atoms with E-state index in [4.69, 9.17) is 5.11 Å². The van der Waals surface area contributed by atoms with Gasteiger partial charge in [0.25, 0.3) is 0 Å². The van der Waals surface area contributed by atoms with Crippen molar-refractivity contribution in [2.75, 3.05) is 0 Å². The maximum atomic E-state index is 10.8. The molecule has 2 nitrogen and oxygen atoms in total. The number of fused-ring (bicyclic) bond motifs is 1. The molecule has 0 aliphatic heterocycles. The normalized spacial score (nSPS) is 12.6. The second kappa shape index (κ2) is 4.69. The Balaban J connectivity index is 2.29. The molecule has 2 aromatic rings. The van der Waals surface area contributed by atoms with E-state index in [1.165, 1.54) is 10.8 Å². The van der Waals surface area contributed by atoms with Crippen LogP contribution in [0.5, 0.6) is 0 Å². The zero-order chi connectivity index (χ0) is 11.5. The van der Waals surface area contributed by atoms with Crippen LogP contribution in [0.2, 0.25) is 4.82 Å². The first-order chi connectivity index (χ1) is 7.66. The van der Waals surface area contributed by atoms with Crippen molar-refractivity contribution in [2.24, 2.45) is 0 Å². The summed E-state index contributed by atoms with van der Waals surface area (Å²) in [4.78, 5) is 10.5. The van der Waals surface area contributed by atoms with Crippen molar-refractivity contribution >= 4 is 36.2 Å². The Kier molecular flexibility index (Phi) is 3.28. The van der Waals surface area contributed by atoms with E-state index in [1.54, 1.807) is 6.92 Å². The van der Waals surface area contributed by atoms with Crippen molar-refractivity contribution in [3.8, 4) is 0 Å². The van der Waals surface area contributed by atoms with Gasteiger partial charge < -0.3 is 0 Å². The van der Waals surface area contributed by atoms with Gasteiger partial charge in [-0.05, 0) is 0 Å². The summed E-state index contributed by atoms with van der Waals surface area (Å²) in [5, 5.41) is 11.3. The van der Waals surface area contributed by atoms with E-state index < -0.39 is 5.97 Å². The van der Waals surface area contributed by atoms with Crippen molar-refractivity contribution in [1.82, 2.24) is 0 Å². The van der Waals surface area contributed by atoms with Crippen molar-refractivity contribution in [3.63, 3.8) is 0 Å². The molecule has 3 heteroatoms. The first-order valence-electron chi connectivity index (χ1n) is 5.05. The van der Waals surface area contributed by atoms with Gasteiger partial charge >= 0.3 is 100 Å². The molecule has 0 aliphatic rings. The standard InChI is InChI=1S/C13H12O2Se/c1-9(13(14)15)16-12-7-6-10-4-2-3-5-11(10)8-12/h2-9H,1H3,(H,14,15)/t9-/m1/s1. The molecule has 0 unspecified atom stereocenters. The van der Waals surface area contributed by atoms with Crippen LogP contribution in [0.1, 0.15) is 6.92 Å². The molecule has 0 heterocycles. The van der Waals surface area contributed by atoms with E-state index in [-0.39, 0.29) is 19.8 Å². The van der Waals surface area contributed by atoms with Crippen molar-refractivity contribution in [3.05, 3.63) is 42.5 Å². The summed E-state index contributed by atoms with van der Waals surface area (Å²) in [6.07, 6.45) is 0. The van der Waals surface area contributed by atoms with Gasteiger partial charge in [-0.15, -0.1) is 0 Å². The zero-order valence-corrected chi connectivity index (χ0v) is 10.6. The summed E-state index contributed by atoms with van der Waals surface area (Å²) in [5.74, 6) is -0.715. The van der Waals surface area contributed by atoms with Crippen LogP contribution in [0, 0.1) is 0 Å². The van der Waals surface area contributed by atoms with Crippen LogP contribution in [-0.4, -0.2) is 26.0 Å². The van der Waals surface area contributed by atoms with E-state index in [0.717, 1.165) is 4.46 Å². The summed E-state index contributed by atoms with van der Waals surface area (Å²) < 4.78 is 1.14.